The molecule has 32 heavy (non-hydrogen) atoms. The van der Waals surface area contributed by atoms with Crippen LogP contribution in [0.25, 0.3) is 17.0 Å². The van der Waals surface area contributed by atoms with Crippen molar-refractivity contribution in [1.82, 2.24) is 15.2 Å². The Bertz CT molecular complexity index is 1060. The SMILES string of the molecule is O=C(/C=C/c1c[nH]c2ccccc12)NCCCCC1CCN(C(=O)c2ccccc2)CC1. The van der Waals surface area contributed by atoms with E-state index >= 15 is 0 Å². The largest absolute Gasteiger partial charge is 0.361 e. The highest BCUT2D eigenvalue weighted by Crippen LogP contribution is 2.23. The lowest BCUT2D eigenvalue weighted by Crippen LogP contribution is -2.38. The lowest BCUT2D eigenvalue weighted by atomic mass is 9.91. The number of likely N-dealkylation sites (tertiary alicyclic amines) is 1. The van der Waals surface area contributed by atoms with Crippen LogP contribution in [0.3, 0.4) is 0 Å². The van der Waals surface area contributed by atoms with Crippen molar-refractivity contribution in [2.45, 2.75) is 32.1 Å². The van der Waals surface area contributed by atoms with Crippen molar-refractivity contribution in [1.29, 1.82) is 0 Å². The Morgan fingerprint density at radius 2 is 1.75 bits per heavy atom. The van der Waals surface area contributed by atoms with Crippen LogP contribution in [0.5, 0.6) is 0 Å². The predicted octanol–water partition coefficient (Wildman–Crippen LogP) is 5.02. The minimum Gasteiger partial charge on any atom is -0.361 e. The quantitative estimate of drug-likeness (QED) is 0.390. The summed E-state index contributed by atoms with van der Waals surface area (Å²) in [6, 6.07) is 17.6. The van der Waals surface area contributed by atoms with E-state index in [2.05, 4.69) is 10.3 Å². The van der Waals surface area contributed by atoms with Crippen molar-refractivity contribution < 1.29 is 9.59 Å². The van der Waals surface area contributed by atoms with E-state index in [9.17, 15) is 9.59 Å². The minimum absolute atomic E-state index is 0.0528. The average molecular weight is 430 g/mol. The molecule has 1 aliphatic rings. The number of amides is 2. The highest BCUT2D eigenvalue weighted by atomic mass is 16.2. The summed E-state index contributed by atoms with van der Waals surface area (Å²) in [5, 5.41) is 4.10. The van der Waals surface area contributed by atoms with Crippen LogP contribution in [0, 0.1) is 5.92 Å². The van der Waals surface area contributed by atoms with E-state index in [1.54, 1.807) is 6.08 Å². The summed E-state index contributed by atoms with van der Waals surface area (Å²) in [6.45, 7) is 2.38. The first-order chi connectivity index (χ1) is 15.7. The zero-order chi connectivity index (χ0) is 22.2. The molecule has 0 radical (unpaired) electrons. The number of para-hydroxylation sites is 1. The number of hydrogen-bond donors (Lipinski definition) is 2. The van der Waals surface area contributed by atoms with E-state index in [0.29, 0.717) is 12.5 Å². The summed E-state index contributed by atoms with van der Waals surface area (Å²) in [4.78, 5) is 29.8. The summed E-state index contributed by atoms with van der Waals surface area (Å²) in [5.41, 5.74) is 2.87. The average Bonchev–Trinajstić information content (AvgIpc) is 3.26. The van der Waals surface area contributed by atoms with Crippen molar-refractivity contribution in [3.8, 4) is 0 Å². The molecule has 1 fully saturated rings. The van der Waals surface area contributed by atoms with Gasteiger partial charge in [0.05, 0.1) is 0 Å². The normalized spacial score (nSPS) is 14.8. The Hall–Kier alpha value is -3.34. The fourth-order valence-corrected chi connectivity index (χ4v) is 4.41. The summed E-state index contributed by atoms with van der Waals surface area (Å²) in [6.07, 6.45) is 10.8. The van der Waals surface area contributed by atoms with Crippen LogP contribution in [-0.2, 0) is 4.79 Å². The van der Waals surface area contributed by atoms with Gasteiger partial charge < -0.3 is 15.2 Å². The molecule has 166 valence electrons. The van der Waals surface area contributed by atoms with E-state index in [4.69, 9.17) is 0 Å². The monoisotopic (exact) mass is 429 g/mol. The number of aromatic amines is 1. The lowest BCUT2D eigenvalue weighted by Gasteiger charge is -2.32. The molecule has 0 aliphatic carbocycles. The molecule has 1 saturated heterocycles. The third-order valence-corrected chi connectivity index (χ3v) is 6.30. The number of benzene rings is 2. The molecule has 1 aliphatic heterocycles. The summed E-state index contributed by atoms with van der Waals surface area (Å²) < 4.78 is 0. The maximum Gasteiger partial charge on any atom is 0.253 e. The number of hydrogen-bond acceptors (Lipinski definition) is 2. The van der Waals surface area contributed by atoms with Gasteiger partial charge in [-0.3, -0.25) is 9.59 Å². The zero-order valence-electron chi connectivity index (χ0n) is 18.4. The molecule has 1 aromatic heterocycles. The molecule has 0 bridgehead atoms. The van der Waals surface area contributed by atoms with Crippen LogP contribution in [0.15, 0.2) is 66.9 Å². The zero-order valence-corrected chi connectivity index (χ0v) is 18.4. The molecule has 2 heterocycles. The second-order valence-electron chi connectivity index (χ2n) is 8.51. The Labute approximate surface area is 189 Å². The Kier molecular flexibility index (Phi) is 7.38. The molecular formula is C27H31N3O2. The minimum atomic E-state index is -0.0528. The number of rotatable bonds is 8. The van der Waals surface area contributed by atoms with Gasteiger partial charge >= 0.3 is 0 Å². The fourth-order valence-electron chi connectivity index (χ4n) is 4.41. The van der Waals surface area contributed by atoms with E-state index in [0.717, 1.165) is 67.2 Å². The van der Waals surface area contributed by atoms with E-state index in [1.165, 1.54) is 0 Å². The molecule has 3 aromatic rings. The smallest absolute Gasteiger partial charge is 0.253 e. The first-order valence-electron chi connectivity index (χ1n) is 11.6. The topological polar surface area (TPSA) is 65.2 Å². The standard InChI is InChI=1S/C27H31N3O2/c31-26(14-13-23-20-29-25-12-5-4-11-24(23)25)28-17-7-6-8-21-15-18-30(19-16-21)27(32)22-9-2-1-3-10-22/h1-5,9-14,20-21,29H,6-8,15-19H2,(H,28,31)/b14-13+. The van der Waals surface area contributed by atoms with Gasteiger partial charge in [-0.2, -0.15) is 0 Å². The molecule has 5 heteroatoms. The third-order valence-electron chi connectivity index (χ3n) is 6.30. The van der Waals surface area contributed by atoms with Gasteiger partial charge in [0.2, 0.25) is 5.91 Å². The second kappa shape index (κ2) is 10.8. The molecule has 0 spiro atoms. The van der Waals surface area contributed by atoms with Crippen LogP contribution >= 0.6 is 0 Å². The molecule has 2 N–H and O–H groups in total. The van der Waals surface area contributed by atoms with Crippen molar-refractivity contribution in [2.75, 3.05) is 19.6 Å². The van der Waals surface area contributed by atoms with Gasteiger partial charge in [-0.05, 0) is 55.0 Å². The first kappa shape index (κ1) is 21.9. The maximum absolute atomic E-state index is 12.5. The number of H-pyrrole nitrogens is 1. The molecule has 0 atom stereocenters. The fraction of sp³-hybridized carbons (Fsp3) is 0.333. The van der Waals surface area contributed by atoms with Gasteiger partial charge in [-0.1, -0.05) is 49.2 Å². The highest BCUT2D eigenvalue weighted by molar-refractivity contribution is 5.96. The highest BCUT2D eigenvalue weighted by Gasteiger charge is 2.23. The Morgan fingerprint density at radius 3 is 2.56 bits per heavy atom. The third kappa shape index (κ3) is 5.67. The van der Waals surface area contributed by atoms with Crippen LogP contribution in [0.1, 0.15) is 48.0 Å². The lowest BCUT2D eigenvalue weighted by molar-refractivity contribution is -0.116. The molecule has 5 nitrogen and oxygen atoms in total. The molecule has 2 aromatic carbocycles. The molecule has 4 rings (SSSR count). The summed E-state index contributed by atoms with van der Waals surface area (Å²) in [7, 11) is 0. The van der Waals surface area contributed by atoms with Gasteiger partial charge in [0, 0.05) is 48.4 Å². The molecular weight excluding hydrogens is 398 g/mol. The number of carbonyl (C=O) groups excluding carboxylic acids is 2. The molecule has 0 unspecified atom stereocenters. The molecule has 0 saturated carbocycles. The number of unbranched alkanes of at least 4 members (excludes halogenated alkanes) is 1. The van der Waals surface area contributed by atoms with Gasteiger partial charge in [-0.15, -0.1) is 0 Å². The number of fused-ring (bicyclic) bond motifs is 1. The van der Waals surface area contributed by atoms with Crippen LogP contribution in [0.2, 0.25) is 0 Å². The maximum atomic E-state index is 12.5. The van der Waals surface area contributed by atoms with Gasteiger partial charge in [0.25, 0.3) is 5.91 Å². The van der Waals surface area contributed by atoms with Crippen molar-refractivity contribution in [2.24, 2.45) is 5.92 Å². The van der Waals surface area contributed by atoms with Crippen molar-refractivity contribution in [3.05, 3.63) is 78.0 Å². The predicted molar refractivity (Wildman–Crippen MR) is 129 cm³/mol. The second-order valence-corrected chi connectivity index (χ2v) is 8.51. The Morgan fingerprint density at radius 1 is 1.00 bits per heavy atom. The van der Waals surface area contributed by atoms with Crippen LogP contribution in [-0.4, -0.2) is 41.3 Å². The number of nitrogens with zero attached hydrogens (tertiary/aromatic N) is 1. The first-order valence-corrected chi connectivity index (χ1v) is 11.6. The number of nitrogens with one attached hydrogen (secondary N) is 2. The van der Waals surface area contributed by atoms with Gasteiger partial charge in [0.15, 0.2) is 0 Å². The van der Waals surface area contributed by atoms with Crippen molar-refractivity contribution in [3.63, 3.8) is 0 Å². The van der Waals surface area contributed by atoms with Gasteiger partial charge in [0.1, 0.15) is 0 Å². The number of aromatic nitrogens is 1. The van der Waals surface area contributed by atoms with Gasteiger partial charge in [-0.25, -0.2) is 0 Å². The number of piperidine rings is 1. The number of carbonyl (C=O) groups is 2. The Balaban J connectivity index is 1.11. The summed E-state index contributed by atoms with van der Waals surface area (Å²) >= 11 is 0. The molecule has 2 amide bonds. The van der Waals surface area contributed by atoms with E-state index in [1.807, 2.05) is 71.8 Å². The summed E-state index contributed by atoms with van der Waals surface area (Å²) in [5.74, 6) is 0.766. The van der Waals surface area contributed by atoms with E-state index < -0.39 is 0 Å². The van der Waals surface area contributed by atoms with Crippen LogP contribution in [0.4, 0.5) is 0 Å². The van der Waals surface area contributed by atoms with Crippen LogP contribution < -0.4 is 5.32 Å². The van der Waals surface area contributed by atoms with Crippen molar-refractivity contribution >= 4 is 28.8 Å². The van der Waals surface area contributed by atoms with E-state index in [-0.39, 0.29) is 11.8 Å².